The van der Waals surface area contributed by atoms with Gasteiger partial charge in [0.15, 0.2) is 5.65 Å². The van der Waals surface area contributed by atoms with Crippen LogP contribution in [0.4, 0.5) is 0 Å². The minimum atomic E-state index is 0.558. The minimum Gasteiger partial charge on any atom is -0.330 e. The van der Waals surface area contributed by atoms with Crippen LogP contribution in [-0.4, -0.2) is 31.3 Å². The van der Waals surface area contributed by atoms with Crippen molar-refractivity contribution in [3.63, 3.8) is 0 Å². The van der Waals surface area contributed by atoms with Crippen molar-refractivity contribution in [1.29, 1.82) is 0 Å². The highest BCUT2D eigenvalue weighted by atomic mass is 15.4. The number of aromatic nitrogens is 5. The van der Waals surface area contributed by atoms with Gasteiger partial charge in [-0.1, -0.05) is 6.92 Å². The molecule has 0 atom stereocenters. The van der Waals surface area contributed by atoms with Crippen molar-refractivity contribution in [3.8, 4) is 0 Å². The van der Waals surface area contributed by atoms with E-state index in [2.05, 4.69) is 20.3 Å². The fourth-order valence-electron chi connectivity index (χ4n) is 1.30. The lowest BCUT2D eigenvalue weighted by Crippen LogP contribution is -2.10. The summed E-state index contributed by atoms with van der Waals surface area (Å²) in [6, 6.07) is 0. The van der Waals surface area contributed by atoms with E-state index in [1.807, 2.05) is 6.92 Å². The highest BCUT2D eigenvalue weighted by molar-refractivity contribution is 5.40. The van der Waals surface area contributed by atoms with Crippen LogP contribution in [0.25, 0.3) is 5.65 Å². The Morgan fingerprint density at radius 3 is 3.07 bits per heavy atom. The van der Waals surface area contributed by atoms with Crippen molar-refractivity contribution >= 4 is 5.65 Å². The zero-order valence-corrected chi connectivity index (χ0v) is 8.01. The van der Waals surface area contributed by atoms with Crippen LogP contribution in [0.1, 0.15) is 18.4 Å². The normalized spacial score (nSPS) is 11.0. The first-order chi connectivity index (χ1) is 6.85. The zero-order valence-electron chi connectivity index (χ0n) is 8.01. The van der Waals surface area contributed by atoms with E-state index in [0.29, 0.717) is 18.6 Å². The first-order valence-electron chi connectivity index (χ1n) is 4.61. The van der Waals surface area contributed by atoms with Gasteiger partial charge >= 0.3 is 0 Å². The standard InChI is InChI=1S/C8H12N6/c1-2-7-11-6(3-4-9)8-12-10-5-14(8)13-7/h5H,2-4,9H2,1H3. The highest BCUT2D eigenvalue weighted by Gasteiger charge is 2.07. The molecule has 0 fully saturated rings. The Hall–Kier alpha value is -1.56. The van der Waals surface area contributed by atoms with E-state index in [1.165, 1.54) is 0 Å². The third-order valence-electron chi connectivity index (χ3n) is 1.97. The predicted molar refractivity (Wildman–Crippen MR) is 50.7 cm³/mol. The SMILES string of the molecule is CCc1nc(CCN)c2nncn2n1. The summed E-state index contributed by atoms with van der Waals surface area (Å²) < 4.78 is 1.65. The number of aryl methyl sites for hydroxylation is 1. The molecule has 0 spiro atoms. The summed E-state index contributed by atoms with van der Waals surface area (Å²) in [7, 11) is 0. The second-order valence-electron chi connectivity index (χ2n) is 2.97. The van der Waals surface area contributed by atoms with Crippen molar-refractivity contribution in [2.24, 2.45) is 5.73 Å². The Kier molecular flexibility index (Phi) is 2.36. The Labute approximate surface area is 81.2 Å². The molecule has 0 amide bonds. The number of fused-ring (bicyclic) bond motifs is 1. The summed E-state index contributed by atoms with van der Waals surface area (Å²) in [6.45, 7) is 2.57. The first-order valence-corrected chi connectivity index (χ1v) is 4.61. The van der Waals surface area contributed by atoms with Gasteiger partial charge in [-0.2, -0.15) is 4.52 Å². The maximum Gasteiger partial charge on any atom is 0.199 e. The lowest BCUT2D eigenvalue weighted by atomic mass is 10.3. The molecule has 6 heteroatoms. The summed E-state index contributed by atoms with van der Waals surface area (Å²) >= 11 is 0. The van der Waals surface area contributed by atoms with Crippen LogP contribution in [-0.2, 0) is 12.8 Å². The minimum absolute atomic E-state index is 0.558. The molecular formula is C8H12N6. The van der Waals surface area contributed by atoms with Gasteiger partial charge in [0.1, 0.15) is 12.2 Å². The van der Waals surface area contributed by atoms with Crippen molar-refractivity contribution in [2.75, 3.05) is 6.54 Å². The summed E-state index contributed by atoms with van der Waals surface area (Å²) in [5, 5.41) is 12.0. The van der Waals surface area contributed by atoms with Crippen LogP contribution in [0.5, 0.6) is 0 Å². The molecule has 0 aliphatic carbocycles. The third kappa shape index (κ3) is 1.44. The molecule has 0 aromatic carbocycles. The van der Waals surface area contributed by atoms with Gasteiger partial charge in [0.25, 0.3) is 0 Å². The van der Waals surface area contributed by atoms with Crippen molar-refractivity contribution < 1.29 is 0 Å². The number of hydrogen-bond acceptors (Lipinski definition) is 5. The van der Waals surface area contributed by atoms with Gasteiger partial charge in [-0.3, -0.25) is 0 Å². The molecule has 6 nitrogen and oxygen atoms in total. The van der Waals surface area contributed by atoms with Crippen molar-refractivity contribution in [2.45, 2.75) is 19.8 Å². The molecule has 2 N–H and O–H groups in total. The summed E-state index contributed by atoms with van der Waals surface area (Å²) in [5.41, 5.74) is 7.07. The van der Waals surface area contributed by atoms with E-state index < -0.39 is 0 Å². The predicted octanol–water partition coefficient (Wildman–Crippen LogP) is -0.417. The Morgan fingerprint density at radius 2 is 2.36 bits per heavy atom. The number of nitrogens with zero attached hydrogens (tertiary/aromatic N) is 5. The van der Waals surface area contributed by atoms with E-state index >= 15 is 0 Å². The number of nitrogens with two attached hydrogens (primary N) is 1. The molecule has 0 aliphatic heterocycles. The average Bonchev–Trinajstić information content (AvgIpc) is 2.66. The highest BCUT2D eigenvalue weighted by Crippen LogP contribution is 2.04. The van der Waals surface area contributed by atoms with Crippen LogP contribution in [0.3, 0.4) is 0 Å². The molecule has 74 valence electrons. The topological polar surface area (TPSA) is 82.0 Å². The van der Waals surface area contributed by atoms with Crippen molar-refractivity contribution in [1.82, 2.24) is 24.8 Å². The molecule has 0 saturated carbocycles. The Bertz CT molecular complexity index is 434. The van der Waals surface area contributed by atoms with Gasteiger partial charge in [-0.05, 0) is 6.54 Å². The van der Waals surface area contributed by atoms with E-state index in [-0.39, 0.29) is 0 Å². The monoisotopic (exact) mass is 192 g/mol. The van der Waals surface area contributed by atoms with Gasteiger partial charge in [0, 0.05) is 12.8 Å². The van der Waals surface area contributed by atoms with Gasteiger partial charge < -0.3 is 5.73 Å². The fourth-order valence-corrected chi connectivity index (χ4v) is 1.30. The lowest BCUT2D eigenvalue weighted by Gasteiger charge is -2.02. The largest absolute Gasteiger partial charge is 0.330 e. The van der Waals surface area contributed by atoms with Crippen LogP contribution >= 0.6 is 0 Å². The van der Waals surface area contributed by atoms with Gasteiger partial charge in [-0.15, -0.1) is 15.3 Å². The molecule has 2 aromatic heterocycles. The second-order valence-corrected chi connectivity index (χ2v) is 2.97. The molecule has 2 rings (SSSR count). The molecule has 0 unspecified atom stereocenters. The maximum absolute atomic E-state index is 5.49. The molecule has 0 aliphatic rings. The molecule has 0 bridgehead atoms. The van der Waals surface area contributed by atoms with Gasteiger partial charge in [0.05, 0.1) is 5.69 Å². The van der Waals surface area contributed by atoms with Gasteiger partial charge in [0.2, 0.25) is 0 Å². The second kappa shape index (κ2) is 3.67. The van der Waals surface area contributed by atoms with Crippen molar-refractivity contribution in [3.05, 3.63) is 17.8 Å². The van der Waals surface area contributed by atoms with Crippen LogP contribution in [0.2, 0.25) is 0 Å². The Balaban J connectivity index is 2.58. The van der Waals surface area contributed by atoms with E-state index in [4.69, 9.17) is 5.73 Å². The molecular weight excluding hydrogens is 180 g/mol. The fraction of sp³-hybridized carbons (Fsp3) is 0.500. The quantitative estimate of drug-likeness (QED) is 0.714. The molecule has 14 heavy (non-hydrogen) atoms. The summed E-state index contributed by atoms with van der Waals surface area (Å²) in [4.78, 5) is 4.37. The first kappa shape index (κ1) is 9.01. The summed E-state index contributed by atoms with van der Waals surface area (Å²) in [5.74, 6) is 0.792. The zero-order chi connectivity index (χ0) is 9.97. The smallest absolute Gasteiger partial charge is 0.199 e. The van der Waals surface area contributed by atoms with Gasteiger partial charge in [-0.25, -0.2) is 4.98 Å². The van der Waals surface area contributed by atoms with E-state index in [1.54, 1.807) is 10.8 Å². The van der Waals surface area contributed by atoms with E-state index in [0.717, 1.165) is 17.9 Å². The molecule has 2 aromatic rings. The summed E-state index contributed by atoms with van der Waals surface area (Å²) in [6.07, 6.45) is 3.08. The number of rotatable bonds is 3. The number of hydrogen-bond donors (Lipinski definition) is 1. The van der Waals surface area contributed by atoms with E-state index in [9.17, 15) is 0 Å². The molecule has 0 radical (unpaired) electrons. The molecule has 0 saturated heterocycles. The van der Waals surface area contributed by atoms with Crippen LogP contribution in [0.15, 0.2) is 6.33 Å². The lowest BCUT2D eigenvalue weighted by molar-refractivity contribution is 0.771. The Morgan fingerprint density at radius 1 is 1.50 bits per heavy atom. The third-order valence-corrected chi connectivity index (χ3v) is 1.97. The van der Waals surface area contributed by atoms with Crippen LogP contribution in [0, 0.1) is 0 Å². The molecule has 2 heterocycles. The van der Waals surface area contributed by atoms with Crippen LogP contribution < -0.4 is 5.73 Å². The maximum atomic E-state index is 5.49. The average molecular weight is 192 g/mol.